The molecule has 0 spiro atoms. The van der Waals surface area contributed by atoms with Gasteiger partial charge in [0.25, 0.3) is 0 Å². The monoisotopic (exact) mass is 307 g/mol. The Labute approximate surface area is 128 Å². The predicted octanol–water partition coefficient (Wildman–Crippen LogP) is 3.91. The van der Waals surface area contributed by atoms with Crippen molar-refractivity contribution in [1.29, 1.82) is 5.41 Å². The van der Waals surface area contributed by atoms with E-state index in [-0.39, 0.29) is 5.84 Å². The summed E-state index contributed by atoms with van der Waals surface area (Å²) in [4.78, 5) is 1.98. The molecule has 0 aromatic heterocycles. The molecule has 0 aliphatic rings. The molecule has 3 N–H and O–H groups in total. The smallest absolute Gasteiger partial charge is 0.126 e. The minimum atomic E-state index is -0.0448. The van der Waals surface area contributed by atoms with Crippen molar-refractivity contribution < 1.29 is 0 Å². The molecule has 5 heteroatoms. The molecule has 0 saturated heterocycles. The number of nitrogen functional groups attached to an aromatic ring is 1. The van der Waals surface area contributed by atoms with Crippen molar-refractivity contribution in [1.82, 2.24) is 0 Å². The molecule has 3 nitrogen and oxygen atoms in total. The Bertz CT molecular complexity index is 641. The fraction of sp³-hybridized carbons (Fsp3) is 0.133. The molecule has 0 bridgehead atoms. The Morgan fingerprint density at radius 3 is 2.40 bits per heavy atom. The quantitative estimate of drug-likeness (QED) is 0.664. The zero-order valence-corrected chi connectivity index (χ0v) is 12.5. The first-order chi connectivity index (χ1) is 9.50. The molecule has 2 aromatic rings. The molecule has 0 radical (unpaired) electrons. The number of halogens is 2. The standard InChI is InChI=1S/C15H15Cl2N3/c1-20(9-10-5-2-3-6-11(10)16)13-8-4-7-12(17)14(13)15(18)19/h2-8H,9H2,1H3,(H3,18,19). The lowest BCUT2D eigenvalue weighted by molar-refractivity contribution is 0.921. The summed E-state index contributed by atoms with van der Waals surface area (Å²) >= 11 is 12.3. The lowest BCUT2D eigenvalue weighted by Gasteiger charge is -2.23. The second-order valence-corrected chi connectivity index (χ2v) is 5.31. The molecule has 20 heavy (non-hydrogen) atoms. The lowest BCUT2D eigenvalue weighted by Crippen LogP contribution is -2.22. The van der Waals surface area contributed by atoms with Crippen molar-refractivity contribution in [3.8, 4) is 0 Å². The van der Waals surface area contributed by atoms with Gasteiger partial charge in [-0.3, -0.25) is 5.41 Å². The van der Waals surface area contributed by atoms with E-state index in [2.05, 4.69) is 0 Å². The zero-order chi connectivity index (χ0) is 14.7. The Hall–Kier alpha value is -1.71. The summed E-state index contributed by atoms with van der Waals surface area (Å²) in [6, 6.07) is 13.1. The number of rotatable bonds is 4. The highest BCUT2D eigenvalue weighted by atomic mass is 35.5. The minimum absolute atomic E-state index is 0.0448. The number of hydrogen-bond donors (Lipinski definition) is 2. The van der Waals surface area contributed by atoms with Crippen LogP contribution < -0.4 is 10.6 Å². The number of nitrogens with two attached hydrogens (primary N) is 1. The summed E-state index contributed by atoms with van der Waals surface area (Å²) < 4.78 is 0. The molecule has 0 heterocycles. The third-order valence-corrected chi connectivity index (χ3v) is 3.72. The van der Waals surface area contributed by atoms with E-state index in [4.69, 9.17) is 34.3 Å². The van der Waals surface area contributed by atoms with Gasteiger partial charge in [0.15, 0.2) is 0 Å². The van der Waals surface area contributed by atoms with Gasteiger partial charge in [0.2, 0.25) is 0 Å². The van der Waals surface area contributed by atoms with E-state index in [0.29, 0.717) is 22.2 Å². The molecule has 2 aromatic carbocycles. The van der Waals surface area contributed by atoms with Gasteiger partial charge in [0.05, 0.1) is 10.6 Å². The van der Waals surface area contributed by atoms with Crippen molar-refractivity contribution in [2.24, 2.45) is 5.73 Å². The van der Waals surface area contributed by atoms with Gasteiger partial charge in [-0.25, -0.2) is 0 Å². The van der Waals surface area contributed by atoms with Crippen LogP contribution in [0.15, 0.2) is 42.5 Å². The van der Waals surface area contributed by atoms with E-state index < -0.39 is 0 Å². The van der Waals surface area contributed by atoms with E-state index in [9.17, 15) is 0 Å². The van der Waals surface area contributed by atoms with E-state index in [1.807, 2.05) is 48.3 Å². The SMILES string of the molecule is CN(Cc1ccccc1Cl)c1cccc(Cl)c1C(=N)N. The Balaban J connectivity index is 2.35. The van der Waals surface area contributed by atoms with Gasteiger partial charge in [-0.2, -0.15) is 0 Å². The second-order valence-electron chi connectivity index (χ2n) is 4.50. The molecule has 0 aliphatic heterocycles. The van der Waals surface area contributed by atoms with Gasteiger partial charge in [-0.05, 0) is 23.8 Å². The van der Waals surface area contributed by atoms with Gasteiger partial charge >= 0.3 is 0 Å². The molecule has 0 amide bonds. The number of anilines is 1. The van der Waals surface area contributed by atoms with Gasteiger partial charge in [0, 0.05) is 24.3 Å². The number of amidine groups is 1. The summed E-state index contributed by atoms with van der Waals surface area (Å²) in [5, 5.41) is 8.86. The van der Waals surface area contributed by atoms with Crippen LogP contribution in [0.1, 0.15) is 11.1 Å². The molecule has 0 aliphatic carbocycles. The van der Waals surface area contributed by atoms with Crippen LogP contribution in [0.3, 0.4) is 0 Å². The Kier molecular flexibility index (Phi) is 4.53. The van der Waals surface area contributed by atoms with E-state index >= 15 is 0 Å². The Morgan fingerprint density at radius 1 is 1.10 bits per heavy atom. The van der Waals surface area contributed by atoms with Gasteiger partial charge in [-0.15, -0.1) is 0 Å². The molecule has 0 saturated carbocycles. The molecular weight excluding hydrogens is 293 g/mol. The van der Waals surface area contributed by atoms with Crippen LogP contribution in [0.4, 0.5) is 5.69 Å². The fourth-order valence-electron chi connectivity index (χ4n) is 2.06. The van der Waals surface area contributed by atoms with Gasteiger partial charge < -0.3 is 10.6 Å². The average molecular weight is 308 g/mol. The first-order valence-electron chi connectivity index (χ1n) is 6.08. The predicted molar refractivity (Wildman–Crippen MR) is 86.0 cm³/mol. The van der Waals surface area contributed by atoms with E-state index in [1.165, 1.54) is 0 Å². The third kappa shape index (κ3) is 3.06. The normalized spacial score (nSPS) is 10.3. The summed E-state index contributed by atoms with van der Waals surface area (Å²) in [5.74, 6) is -0.0448. The second kappa shape index (κ2) is 6.16. The topological polar surface area (TPSA) is 53.1 Å². The van der Waals surface area contributed by atoms with Crippen molar-refractivity contribution in [2.45, 2.75) is 6.54 Å². The zero-order valence-electron chi connectivity index (χ0n) is 11.0. The van der Waals surface area contributed by atoms with Crippen LogP contribution in [-0.4, -0.2) is 12.9 Å². The highest BCUT2D eigenvalue weighted by molar-refractivity contribution is 6.34. The number of benzene rings is 2. The maximum atomic E-state index is 7.67. The Morgan fingerprint density at radius 2 is 1.75 bits per heavy atom. The molecule has 2 rings (SSSR count). The highest BCUT2D eigenvalue weighted by Gasteiger charge is 2.14. The number of nitrogens with zero attached hydrogens (tertiary/aromatic N) is 1. The first kappa shape index (κ1) is 14.7. The van der Waals surface area contributed by atoms with Crippen LogP contribution >= 0.6 is 23.2 Å². The third-order valence-electron chi connectivity index (χ3n) is 3.04. The van der Waals surface area contributed by atoms with E-state index in [0.717, 1.165) is 11.3 Å². The summed E-state index contributed by atoms with van der Waals surface area (Å²) in [6.45, 7) is 0.611. The van der Waals surface area contributed by atoms with E-state index in [1.54, 1.807) is 6.07 Å². The van der Waals surface area contributed by atoms with Crippen molar-refractivity contribution >= 4 is 34.7 Å². The van der Waals surface area contributed by atoms with Crippen molar-refractivity contribution in [3.05, 3.63) is 63.6 Å². The van der Waals surface area contributed by atoms with Gasteiger partial charge in [0.1, 0.15) is 5.84 Å². The van der Waals surface area contributed by atoms with Crippen LogP contribution in [0.5, 0.6) is 0 Å². The summed E-state index contributed by atoms with van der Waals surface area (Å²) in [5.41, 5.74) is 7.98. The maximum absolute atomic E-state index is 7.67. The summed E-state index contributed by atoms with van der Waals surface area (Å²) in [6.07, 6.45) is 0. The molecule has 0 unspecified atom stereocenters. The molecule has 0 atom stereocenters. The largest absolute Gasteiger partial charge is 0.384 e. The highest BCUT2D eigenvalue weighted by Crippen LogP contribution is 2.28. The van der Waals surface area contributed by atoms with Crippen molar-refractivity contribution in [2.75, 3.05) is 11.9 Å². The van der Waals surface area contributed by atoms with Crippen LogP contribution in [0.2, 0.25) is 10.0 Å². The molecule has 0 fully saturated rings. The average Bonchev–Trinajstić information content (AvgIpc) is 2.40. The fourth-order valence-corrected chi connectivity index (χ4v) is 2.53. The number of hydrogen-bond acceptors (Lipinski definition) is 2. The lowest BCUT2D eigenvalue weighted by atomic mass is 10.1. The van der Waals surface area contributed by atoms with Crippen LogP contribution in [0.25, 0.3) is 0 Å². The summed E-state index contributed by atoms with van der Waals surface area (Å²) in [7, 11) is 1.92. The van der Waals surface area contributed by atoms with Crippen molar-refractivity contribution in [3.63, 3.8) is 0 Å². The van der Waals surface area contributed by atoms with Gasteiger partial charge in [-0.1, -0.05) is 47.5 Å². The number of nitrogens with one attached hydrogen (secondary N) is 1. The maximum Gasteiger partial charge on any atom is 0.126 e. The molecular formula is C15H15Cl2N3. The van der Waals surface area contributed by atoms with Crippen LogP contribution in [-0.2, 0) is 6.54 Å². The van der Waals surface area contributed by atoms with Crippen LogP contribution in [0, 0.1) is 5.41 Å². The first-order valence-corrected chi connectivity index (χ1v) is 6.83. The molecule has 104 valence electrons. The minimum Gasteiger partial charge on any atom is -0.384 e.